The van der Waals surface area contributed by atoms with Crippen LogP contribution in [-0.2, 0) is 9.53 Å². The normalized spacial score (nSPS) is 10.1. The van der Waals surface area contributed by atoms with Crippen LogP contribution >= 0.6 is 0 Å². The van der Waals surface area contributed by atoms with E-state index in [9.17, 15) is 9.59 Å². The highest BCUT2D eigenvalue weighted by Gasteiger charge is 2.06. The zero-order valence-corrected chi connectivity index (χ0v) is 13.3. The third kappa shape index (κ3) is 8.66. The molecule has 126 valence electrons. The van der Waals surface area contributed by atoms with Gasteiger partial charge in [0.2, 0.25) is 0 Å². The Morgan fingerprint density at radius 1 is 1.04 bits per heavy atom. The van der Waals surface area contributed by atoms with Gasteiger partial charge in [0.25, 0.3) is 0 Å². The van der Waals surface area contributed by atoms with Crippen LogP contribution in [0, 0.1) is 0 Å². The molecule has 1 aromatic carbocycles. The van der Waals surface area contributed by atoms with E-state index in [1.807, 2.05) is 0 Å². The topological polar surface area (TPSA) is 72.8 Å². The van der Waals surface area contributed by atoms with Crippen LogP contribution in [0.2, 0.25) is 0 Å². The fourth-order valence-corrected chi connectivity index (χ4v) is 2.00. The SMILES string of the molecule is C=CCOC(=O)c1ccc(OCCCCCCCC(=O)O)cc1. The minimum absolute atomic E-state index is 0.198. The van der Waals surface area contributed by atoms with E-state index in [0.717, 1.165) is 37.9 Å². The molecule has 0 amide bonds. The smallest absolute Gasteiger partial charge is 0.338 e. The van der Waals surface area contributed by atoms with E-state index in [0.29, 0.717) is 12.2 Å². The Hall–Kier alpha value is -2.30. The molecule has 0 bridgehead atoms. The number of ether oxygens (including phenoxy) is 2. The molecule has 0 spiro atoms. The zero-order chi connectivity index (χ0) is 16.9. The summed E-state index contributed by atoms with van der Waals surface area (Å²) in [5, 5.41) is 8.52. The maximum atomic E-state index is 11.6. The van der Waals surface area contributed by atoms with Gasteiger partial charge in [0.05, 0.1) is 12.2 Å². The molecular formula is C18H24O5. The monoisotopic (exact) mass is 320 g/mol. The van der Waals surface area contributed by atoms with Crippen LogP contribution in [0.5, 0.6) is 5.75 Å². The summed E-state index contributed by atoms with van der Waals surface area (Å²) in [4.78, 5) is 22.0. The molecule has 23 heavy (non-hydrogen) atoms. The minimum atomic E-state index is -0.731. The lowest BCUT2D eigenvalue weighted by atomic mass is 10.1. The number of carbonyl (C=O) groups excluding carboxylic acids is 1. The first kappa shape index (κ1) is 18.7. The standard InChI is InChI=1S/C18H24O5/c1-2-13-23-18(21)15-9-11-16(12-10-15)22-14-7-5-3-4-6-8-17(19)20/h2,9-12H,1,3-8,13-14H2,(H,19,20). The third-order valence-electron chi connectivity index (χ3n) is 3.23. The van der Waals surface area contributed by atoms with Gasteiger partial charge < -0.3 is 14.6 Å². The quantitative estimate of drug-likeness (QED) is 0.360. The lowest BCUT2D eigenvalue weighted by Gasteiger charge is -2.07. The number of esters is 1. The van der Waals surface area contributed by atoms with Crippen molar-refractivity contribution in [3.8, 4) is 5.75 Å². The molecule has 5 heteroatoms. The Morgan fingerprint density at radius 3 is 2.35 bits per heavy atom. The van der Waals surface area contributed by atoms with Crippen molar-refractivity contribution in [2.24, 2.45) is 0 Å². The second-order valence-corrected chi connectivity index (χ2v) is 5.17. The van der Waals surface area contributed by atoms with Gasteiger partial charge in [-0.3, -0.25) is 4.79 Å². The van der Waals surface area contributed by atoms with Crippen molar-refractivity contribution in [3.05, 3.63) is 42.5 Å². The number of benzene rings is 1. The van der Waals surface area contributed by atoms with E-state index in [4.69, 9.17) is 14.6 Å². The molecule has 1 aromatic rings. The maximum Gasteiger partial charge on any atom is 0.338 e. The summed E-state index contributed by atoms with van der Waals surface area (Å²) in [6.45, 7) is 4.30. The minimum Gasteiger partial charge on any atom is -0.494 e. The average molecular weight is 320 g/mol. The number of carboxylic acids is 1. The highest BCUT2D eigenvalue weighted by molar-refractivity contribution is 5.89. The van der Waals surface area contributed by atoms with E-state index < -0.39 is 5.97 Å². The first-order valence-electron chi connectivity index (χ1n) is 7.86. The van der Waals surface area contributed by atoms with E-state index >= 15 is 0 Å². The lowest BCUT2D eigenvalue weighted by molar-refractivity contribution is -0.137. The summed E-state index contributed by atoms with van der Waals surface area (Å²) in [7, 11) is 0. The van der Waals surface area contributed by atoms with Gasteiger partial charge in [0.1, 0.15) is 12.4 Å². The summed E-state index contributed by atoms with van der Waals surface area (Å²) < 4.78 is 10.5. The molecule has 1 N–H and O–H groups in total. The van der Waals surface area contributed by atoms with Crippen LogP contribution < -0.4 is 4.74 Å². The molecule has 5 nitrogen and oxygen atoms in total. The molecule has 1 rings (SSSR count). The van der Waals surface area contributed by atoms with Gasteiger partial charge >= 0.3 is 11.9 Å². The Kier molecular flexibility index (Phi) is 9.20. The molecule has 0 heterocycles. The van der Waals surface area contributed by atoms with E-state index in [1.54, 1.807) is 24.3 Å². The van der Waals surface area contributed by atoms with Crippen molar-refractivity contribution in [2.45, 2.75) is 38.5 Å². The van der Waals surface area contributed by atoms with Crippen LogP contribution in [0.1, 0.15) is 48.9 Å². The van der Waals surface area contributed by atoms with Crippen molar-refractivity contribution in [1.29, 1.82) is 0 Å². The highest BCUT2D eigenvalue weighted by atomic mass is 16.5. The fourth-order valence-electron chi connectivity index (χ4n) is 2.00. The molecule has 0 radical (unpaired) electrons. The zero-order valence-electron chi connectivity index (χ0n) is 13.3. The molecule has 0 aliphatic carbocycles. The Labute approximate surface area is 136 Å². The number of rotatable bonds is 12. The first-order chi connectivity index (χ1) is 11.1. The van der Waals surface area contributed by atoms with Crippen molar-refractivity contribution in [3.63, 3.8) is 0 Å². The number of hydrogen-bond acceptors (Lipinski definition) is 4. The van der Waals surface area contributed by atoms with Crippen LogP contribution in [-0.4, -0.2) is 30.3 Å². The maximum absolute atomic E-state index is 11.6. The molecule has 0 saturated carbocycles. The van der Waals surface area contributed by atoms with Crippen molar-refractivity contribution >= 4 is 11.9 Å². The number of unbranched alkanes of at least 4 members (excludes halogenated alkanes) is 4. The molecule has 0 atom stereocenters. The number of aliphatic carboxylic acids is 1. The van der Waals surface area contributed by atoms with Crippen molar-refractivity contribution in [1.82, 2.24) is 0 Å². The van der Waals surface area contributed by atoms with Crippen molar-refractivity contribution < 1.29 is 24.2 Å². The predicted molar refractivity (Wildman–Crippen MR) is 87.8 cm³/mol. The Morgan fingerprint density at radius 2 is 1.70 bits per heavy atom. The number of carbonyl (C=O) groups is 2. The molecule has 0 aliphatic rings. The van der Waals surface area contributed by atoms with Crippen LogP contribution in [0.25, 0.3) is 0 Å². The molecule has 0 aliphatic heterocycles. The van der Waals surface area contributed by atoms with E-state index in [2.05, 4.69) is 6.58 Å². The fraction of sp³-hybridized carbons (Fsp3) is 0.444. The summed E-state index contributed by atoms with van der Waals surface area (Å²) in [5.74, 6) is -0.390. The predicted octanol–water partition coefficient (Wildman–Crippen LogP) is 3.83. The summed E-state index contributed by atoms with van der Waals surface area (Å²) >= 11 is 0. The third-order valence-corrected chi connectivity index (χ3v) is 3.23. The van der Waals surface area contributed by atoms with Crippen LogP contribution in [0.3, 0.4) is 0 Å². The van der Waals surface area contributed by atoms with E-state index in [1.165, 1.54) is 6.08 Å². The molecule has 0 aromatic heterocycles. The summed E-state index contributed by atoms with van der Waals surface area (Å²) in [6.07, 6.45) is 6.41. The number of hydrogen-bond donors (Lipinski definition) is 1. The average Bonchev–Trinajstić information content (AvgIpc) is 2.55. The molecule has 0 saturated heterocycles. The van der Waals surface area contributed by atoms with E-state index in [-0.39, 0.29) is 19.0 Å². The van der Waals surface area contributed by atoms with Gasteiger partial charge in [-0.15, -0.1) is 0 Å². The second kappa shape index (κ2) is 11.3. The highest BCUT2D eigenvalue weighted by Crippen LogP contribution is 2.14. The molecular weight excluding hydrogens is 296 g/mol. The Balaban J connectivity index is 2.14. The summed E-state index contributed by atoms with van der Waals surface area (Å²) in [5.41, 5.74) is 0.484. The van der Waals surface area contributed by atoms with Gasteiger partial charge in [-0.05, 0) is 37.1 Å². The van der Waals surface area contributed by atoms with Gasteiger partial charge in [-0.2, -0.15) is 0 Å². The van der Waals surface area contributed by atoms with Gasteiger partial charge in [0, 0.05) is 6.42 Å². The molecule has 0 unspecified atom stereocenters. The largest absolute Gasteiger partial charge is 0.494 e. The lowest BCUT2D eigenvalue weighted by Crippen LogP contribution is -2.05. The number of carboxylic acid groups (broad SMARTS) is 1. The van der Waals surface area contributed by atoms with Crippen LogP contribution in [0.15, 0.2) is 36.9 Å². The van der Waals surface area contributed by atoms with Gasteiger partial charge in [-0.25, -0.2) is 4.79 Å². The second-order valence-electron chi connectivity index (χ2n) is 5.17. The summed E-state index contributed by atoms with van der Waals surface area (Å²) in [6, 6.07) is 6.84. The van der Waals surface area contributed by atoms with Gasteiger partial charge in [-0.1, -0.05) is 31.9 Å². The first-order valence-corrected chi connectivity index (χ1v) is 7.86. The molecule has 0 fully saturated rings. The van der Waals surface area contributed by atoms with Crippen molar-refractivity contribution in [2.75, 3.05) is 13.2 Å². The van der Waals surface area contributed by atoms with Gasteiger partial charge in [0.15, 0.2) is 0 Å². The van der Waals surface area contributed by atoms with Crippen LogP contribution in [0.4, 0.5) is 0 Å². The Bertz CT molecular complexity index is 493.